The summed E-state index contributed by atoms with van der Waals surface area (Å²) in [6.45, 7) is 0.116. The van der Waals surface area contributed by atoms with Crippen LogP contribution in [0.25, 0.3) is 10.9 Å². The van der Waals surface area contributed by atoms with Crippen LogP contribution in [-0.4, -0.2) is 51.7 Å². The molecule has 2 aliphatic rings. The zero-order valence-corrected chi connectivity index (χ0v) is 19.5. The Morgan fingerprint density at radius 3 is 2.63 bits per heavy atom. The van der Waals surface area contributed by atoms with Gasteiger partial charge in [0.25, 0.3) is 5.56 Å². The predicted molar refractivity (Wildman–Crippen MR) is 127 cm³/mol. The Morgan fingerprint density at radius 1 is 1.26 bits per heavy atom. The van der Waals surface area contributed by atoms with Gasteiger partial charge in [0.1, 0.15) is 5.39 Å². The van der Waals surface area contributed by atoms with Crippen LogP contribution in [0.4, 0.5) is 11.5 Å². The molecular weight excluding hydrogens is 472 g/mol. The van der Waals surface area contributed by atoms with E-state index in [0.717, 1.165) is 12.8 Å². The van der Waals surface area contributed by atoms with E-state index in [4.69, 9.17) is 5.11 Å². The molecule has 1 saturated heterocycles. The molecule has 3 aromatic rings. The molecule has 1 aliphatic heterocycles. The highest BCUT2D eigenvalue weighted by Gasteiger charge is 2.36. The van der Waals surface area contributed by atoms with Crippen LogP contribution in [0.5, 0.6) is 0 Å². The number of H-pyrrole nitrogens is 1. The van der Waals surface area contributed by atoms with Crippen molar-refractivity contribution in [2.24, 2.45) is 11.8 Å². The zero-order valence-electron chi connectivity index (χ0n) is 18.7. The summed E-state index contributed by atoms with van der Waals surface area (Å²) in [5.41, 5.74) is 0.848. The maximum Gasteiger partial charge on any atom is 0.307 e. The van der Waals surface area contributed by atoms with Crippen molar-refractivity contribution >= 4 is 38.4 Å². The lowest BCUT2D eigenvalue weighted by Gasteiger charge is -2.16. The first-order chi connectivity index (χ1) is 16.8. The molecule has 2 unspecified atom stereocenters. The number of rotatable bonds is 8. The molecule has 3 heterocycles. The van der Waals surface area contributed by atoms with Crippen molar-refractivity contribution in [3.63, 3.8) is 0 Å². The van der Waals surface area contributed by atoms with E-state index in [0.29, 0.717) is 34.7 Å². The Balaban J connectivity index is 1.43. The second kappa shape index (κ2) is 8.83. The third-order valence-corrected chi connectivity index (χ3v) is 8.55. The number of carbonyl (C=O) groups is 1. The zero-order chi connectivity index (χ0) is 24.7. The second-order valence-corrected chi connectivity index (χ2v) is 10.9. The molecule has 11 nitrogen and oxygen atoms in total. The standard InChI is InChI=1S/C23H24N6O5S/c24-10-7-18(14-1-2-14)29-19-8-11-25-22(30)20(19)21(27-29)26-16-3-5-17(6-4-16)35(33,34)28-12-9-15(13-28)23(31)32/h3-6,8,11,14-15,18H,1-2,7,9,12-13H2,(H,25,30)(H,26,27)(H,31,32). The third-order valence-electron chi connectivity index (χ3n) is 6.67. The lowest BCUT2D eigenvalue weighted by atomic mass is 10.1. The van der Waals surface area contributed by atoms with E-state index >= 15 is 0 Å². The SMILES string of the molecule is N#CCC(C1CC1)n1nc(Nc2ccc(S(=O)(=O)N3CCC(C(=O)O)C3)cc2)c2c(=O)[nH]ccc21. The number of aliphatic carboxylic acids is 1. The first-order valence-electron chi connectivity index (χ1n) is 11.4. The van der Waals surface area contributed by atoms with Gasteiger partial charge >= 0.3 is 5.97 Å². The summed E-state index contributed by atoms with van der Waals surface area (Å²) < 4.78 is 28.8. The lowest BCUT2D eigenvalue weighted by molar-refractivity contribution is -0.141. The van der Waals surface area contributed by atoms with Crippen molar-refractivity contribution in [1.82, 2.24) is 19.1 Å². The number of hydrogen-bond donors (Lipinski definition) is 3. The Hall–Kier alpha value is -3.69. The highest BCUT2D eigenvalue weighted by atomic mass is 32.2. The molecular formula is C23H24N6O5S. The summed E-state index contributed by atoms with van der Waals surface area (Å²) in [4.78, 5) is 26.5. The molecule has 12 heteroatoms. The van der Waals surface area contributed by atoms with Gasteiger partial charge in [-0.2, -0.15) is 14.7 Å². The normalized spacial score (nSPS) is 19.5. The Kier molecular flexibility index (Phi) is 5.82. The number of carboxylic acids is 1. The fraction of sp³-hybridized carbons (Fsp3) is 0.391. The number of benzene rings is 1. The predicted octanol–water partition coefficient (Wildman–Crippen LogP) is 2.43. The Morgan fingerprint density at radius 2 is 2.00 bits per heavy atom. The molecule has 1 aromatic carbocycles. The summed E-state index contributed by atoms with van der Waals surface area (Å²) in [5, 5.41) is 26.6. The van der Waals surface area contributed by atoms with Crippen LogP contribution in [0, 0.1) is 23.2 Å². The number of nitriles is 1. The van der Waals surface area contributed by atoms with Gasteiger partial charge in [-0.1, -0.05) is 0 Å². The number of anilines is 2. The average molecular weight is 497 g/mol. The van der Waals surface area contributed by atoms with E-state index < -0.39 is 21.9 Å². The number of pyridine rings is 1. The first kappa shape index (κ1) is 23.1. The molecule has 182 valence electrons. The molecule has 0 spiro atoms. The number of nitrogens with zero attached hydrogens (tertiary/aromatic N) is 4. The summed E-state index contributed by atoms with van der Waals surface area (Å²) in [5.74, 6) is -1.03. The molecule has 2 atom stereocenters. The molecule has 1 aliphatic carbocycles. The van der Waals surface area contributed by atoms with Gasteiger partial charge in [-0.25, -0.2) is 8.42 Å². The van der Waals surface area contributed by atoms with Crippen LogP contribution in [0.2, 0.25) is 0 Å². The minimum absolute atomic E-state index is 0.0469. The van der Waals surface area contributed by atoms with Gasteiger partial charge in [-0.3, -0.25) is 14.3 Å². The number of sulfonamides is 1. The molecule has 0 radical (unpaired) electrons. The van der Waals surface area contributed by atoms with Gasteiger partial charge in [-0.15, -0.1) is 0 Å². The minimum Gasteiger partial charge on any atom is -0.481 e. The van der Waals surface area contributed by atoms with Crippen LogP contribution >= 0.6 is 0 Å². The molecule has 1 saturated carbocycles. The maximum absolute atomic E-state index is 12.9. The largest absolute Gasteiger partial charge is 0.481 e. The molecule has 2 aromatic heterocycles. The van der Waals surface area contributed by atoms with Crippen molar-refractivity contribution in [3.8, 4) is 6.07 Å². The first-order valence-corrected chi connectivity index (χ1v) is 12.8. The number of carboxylic acid groups (broad SMARTS) is 1. The number of aromatic nitrogens is 3. The Labute approximate surface area is 201 Å². The topological polar surface area (TPSA) is 161 Å². The van der Waals surface area contributed by atoms with Crippen molar-refractivity contribution in [2.75, 3.05) is 18.4 Å². The average Bonchev–Trinajstić information content (AvgIpc) is 3.41. The van der Waals surface area contributed by atoms with Gasteiger partial charge in [0.2, 0.25) is 10.0 Å². The number of aromatic amines is 1. The van der Waals surface area contributed by atoms with E-state index in [1.807, 2.05) is 0 Å². The van der Waals surface area contributed by atoms with Gasteiger partial charge in [-0.05, 0) is 55.5 Å². The summed E-state index contributed by atoms with van der Waals surface area (Å²) in [6.07, 6.45) is 4.15. The van der Waals surface area contributed by atoms with Crippen molar-refractivity contribution in [2.45, 2.75) is 36.6 Å². The van der Waals surface area contributed by atoms with E-state index in [-0.39, 0.29) is 36.0 Å². The van der Waals surface area contributed by atoms with Crippen molar-refractivity contribution in [3.05, 3.63) is 46.9 Å². The maximum atomic E-state index is 12.9. The second-order valence-electron chi connectivity index (χ2n) is 8.96. The fourth-order valence-corrected chi connectivity index (χ4v) is 6.11. The van der Waals surface area contributed by atoms with Gasteiger partial charge in [0.15, 0.2) is 5.82 Å². The summed E-state index contributed by atoms with van der Waals surface area (Å²) >= 11 is 0. The smallest absolute Gasteiger partial charge is 0.307 e. The van der Waals surface area contributed by atoms with Crippen LogP contribution in [0.1, 0.15) is 31.7 Å². The minimum atomic E-state index is -3.82. The Bertz CT molecular complexity index is 1480. The lowest BCUT2D eigenvalue weighted by Crippen LogP contribution is -2.30. The summed E-state index contributed by atoms with van der Waals surface area (Å²) in [7, 11) is -3.82. The molecule has 0 amide bonds. The highest BCUT2D eigenvalue weighted by Crippen LogP contribution is 2.43. The number of nitrogens with one attached hydrogen (secondary N) is 2. The molecule has 2 fully saturated rings. The van der Waals surface area contributed by atoms with Gasteiger partial charge < -0.3 is 15.4 Å². The molecule has 0 bridgehead atoms. The van der Waals surface area contributed by atoms with E-state index in [1.165, 1.54) is 16.4 Å². The summed E-state index contributed by atoms with van der Waals surface area (Å²) in [6, 6.07) is 9.89. The molecule has 5 rings (SSSR count). The third kappa shape index (κ3) is 4.28. The van der Waals surface area contributed by atoms with Crippen LogP contribution in [0.3, 0.4) is 0 Å². The van der Waals surface area contributed by atoms with Gasteiger partial charge in [0.05, 0.1) is 34.9 Å². The quantitative estimate of drug-likeness (QED) is 0.428. The highest BCUT2D eigenvalue weighted by molar-refractivity contribution is 7.89. The van der Waals surface area contributed by atoms with E-state index in [1.54, 1.807) is 29.1 Å². The number of fused-ring (bicyclic) bond motifs is 1. The van der Waals surface area contributed by atoms with Crippen LogP contribution in [-0.2, 0) is 14.8 Å². The molecule has 3 N–H and O–H groups in total. The fourth-order valence-electron chi connectivity index (χ4n) is 4.61. The van der Waals surface area contributed by atoms with Crippen molar-refractivity contribution < 1.29 is 18.3 Å². The van der Waals surface area contributed by atoms with Crippen molar-refractivity contribution in [1.29, 1.82) is 5.26 Å². The molecule has 35 heavy (non-hydrogen) atoms. The van der Waals surface area contributed by atoms with E-state index in [2.05, 4.69) is 21.5 Å². The van der Waals surface area contributed by atoms with Gasteiger partial charge in [0, 0.05) is 25.0 Å². The van der Waals surface area contributed by atoms with Crippen LogP contribution < -0.4 is 10.9 Å². The van der Waals surface area contributed by atoms with E-state index in [9.17, 15) is 23.3 Å². The number of hydrogen-bond acceptors (Lipinski definition) is 7. The monoisotopic (exact) mass is 496 g/mol. The van der Waals surface area contributed by atoms with Crippen LogP contribution in [0.15, 0.2) is 46.2 Å².